The van der Waals surface area contributed by atoms with Gasteiger partial charge in [0, 0.05) is 23.5 Å². The van der Waals surface area contributed by atoms with E-state index >= 15 is 0 Å². The summed E-state index contributed by atoms with van der Waals surface area (Å²) >= 11 is 6.31. The summed E-state index contributed by atoms with van der Waals surface area (Å²) in [6.45, 7) is 0.622. The number of fused-ring (bicyclic) bond motifs is 1. The molecule has 0 radical (unpaired) electrons. The maximum Gasteiger partial charge on any atom is 0.349 e. The van der Waals surface area contributed by atoms with Crippen LogP contribution >= 0.6 is 11.6 Å². The molecular formula is C24H18ClNO3. The molecule has 4 rings (SSSR count). The normalized spacial score (nSPS) is 10.8. The van der Waals surface area contributed by atoms with Crippen molar-refractivity contribution < 1.29 is 9.21 Å². The molecule has 1 aromatic heterocycles. The average Bonchev–Trinajstić information content (AvgIpc) is 2.74. The molecule has 29 heavy (non-hydrogen) atoms. The van der Waals surface area contributed by atoms with Crippen LogP contribution in [0.1, 0.15) is 21.5 Å². The predicted molar refractivity (Wildman–Crippen MR) is 114 cm³/mol. The highest BCUT2D eigenvalue weighted by molar-refractivity contribution is 6.31. The van der Waals surface area contributed by atoms with Gasteiger partial charge in [-0.2, -0.15) is 0 Å². The second-order valence-corrected chi connectivity index (χ2v) is 7.13. The molecule has 0 atom stereocenters. The van der Waals surface area contributed by atoms with E-state index in [1.54, 1.807) is 29.2 Å². The molecule has 1 heterocycles. The Labute approximate surface area is 173 Å². The van der Waals surface area contributed by atoms with Gasteiger partial charge >= 0.3 is 5.63 Å². The number of halogens is 1. The first kappa shape index (κ1) is 19.0. The number of carbonyl (C=O) groups excluding carboxylic acids is 1. The van der Waals surface area contributed by atoms with Crippen LogP contribution in [0.3, 0.4) is 0 Å². The molecule has 0 aliphatic heterocycles. The number of hydrogen-bond acceptors (Lipinski definition) is 3. The third kappa shape index (κ3) is 4.23. The lowest BCUT2D eigenvalue weighted by atomic mass is 10.1. The van der Waals surface area contributed by atoms with E-state index in [-0.39, 0.29) is 12.1 Å². The van der Waals surface area contributed by atoms with Gasteiger partial charge in [0.05, 0.1) is 0 Å². The molecule has 0 spiro atoms. The zero-order valence-electron chi connectivity index (χ0n) is 15.5. The minimum Gasteiger partial charge on any atom is -0.422 e. The molecular weight excluding hydrogens is 386 g/mol. The SMILES string of the molecule is O=C(c1cc2ccccc2oc1=O)N(Cc1ccccc1)Cc1ccccc1Cl. The highest BCUT2D eigenvalue weighted by atomic mass is 35.5. The third-order valence-corrected chi connectivity index (χ3v) is 5.06. The Morgan fingerprint density at radius 1 is 0.862 bits per heavy atom. The van der Waals surface area contributed by atoms with E-state index in [1.165, 1.54) is 0 Å². The van der Waals surface area contributed by atoms with Crippen molar-refractivity contribution in [3.8, 4) is 0 Å². The monoisotopic (exact) mass is 403 g/mol. The molecule has 3 aromatic carbocycles. The van der Waals surface area contributed by atoms with Crippen LogP contribution in [0.2, 0.25) is 5.02 Å². The lowest BCUT2D eigenvalue weighted by molar-refractivity contribution is 0.0726. The number of rotatable bonds is 5. The van der Waals surface area contributed by atoms with Crippen molar-refractivity contribution in [1.29, 1.82) is 0 Å². The summed E-state index contributed by atoms with van der Waals surface area (Å²) in [6, 6.07) is 25.7. The molecule has 0 saturated carbocycles. The van der Waals surface area contributed by atoms with Crippen LogP contribution in [0.15, 0.2) is 94.1 Å². The van der Waals surface area contributed by atoms with Crippen LogP contribution in [0, 0.1) is 0 Å². The molecule has 0 aliphatic carbocycles. The Balaban J connectivity index is 1.73. The minimum absolute atomic E-state index is 0.00619. The largest absolute Gasteiger partial charge is 0.422 e. The molecule has 0 aliphatic rings. The topological polar surface area (TPSA) is 50.5 Å². The fourth-order valence-corrected chi connectivity index (χ4v) is 3.41. The van der Waals surface area contributed by atoms with Gasteiger partial charge in [0.2, 0.25) is 0 Å². The van der Waals surface area contributed by atoms with Crippen molar-refractivity contribution in [2.75, 3.05) is 0 Å². The highest BCUT2D eigenvalue weighted by Gasteiger charge is 2.22. The fraction of sp³-hybridized carbons (Fsp3) is 0.0833. The summed E-state index contributed by atoms with van der Waals surface area (Å²) in [5.41, 5.74) is 1.58. The molecule has 1 amide bonds. The second-order valence-electron chi connectivity index (χ2n) is 6.72. The van der Waals surface area contributed by atoms with Gasteiger partial charge in [0.1, 0.15) is 11.1 Å². The Hall–Kier alpha value is -3.37. The molecule has 5 heteroatoms. The van der Waals surface area contributed by atoms with Gasteiger partial charge in [0.25, 0.3) is 5.91 Å². The van der Waals surface area contributed by atoms with Crippen LogP contribution < -0.4 is 5.63 Å². The zero-order chi connectivity index (χ0) is 20.2. The zero-order valence-corrected chi connectivity index (χ0v) is 16.3. The van der Waals surface area contributed by atoms with Gasteiger partial charge in [-0.15, -0.1) is 0 Å². The summed E-state index contributed by atoms with van der Waals surface area (Å²) < 4.78 is 5.36. The lowest BCUT2D eigenvalue weighted by Crippen LogP contribution is -2.33. The molecule has 144 valence electrons. The summed E-state index contributed by atoms with van der Waals surface area (Å²) in [5.74, 6) is -0.395. The average molecular weight is 404 g/mol. The van der Waals surface area contributed by atoms with Crippen molar-refractivity contribution in [2.45, 2.75) is 13.1 Å². The molecule has 0 unspecified atom stereocenters. The van der Waals surface area contributed by atoms with E-state index in [9.17, 15) is 9.59 Å². The Morgan fingerprint density at radius 2 is 1.55 bits per heavy atom. The number of amides is 1. The fourth-order valence-electron chi connectivity index (χ4n) is 3.22. The van der Waals surface area contributed by atoms with Crippen molar-refractivity contribution in [3.63, 3.8) is 0 Å². The van der Waals surface area contributed by atoms with E-state index < -0.39 is 11.5 Å². The molecule has 0 fully saturated rings. The smallest absolute Gasteiger partial charge is 0.349 e. The van der Waals surface area contributed by atoms with Crippen molar-refractivity contribution in [3.05, 3.63) is 117 Å². The first-order valence-corrected chi connectivity index (χ1v) is 9.59. The molecule has 0 N–H and O–H groups in total. The summed E-state index contributed by atoms with van der Waals surface area (Å²) in [5, 5.41) is 1.27. The van der Waals surface area contributed by atoms with Gasteiger partial charge in [-0.3, -0.25) is 4.79 Å². The quantitative estimate of drug-likeness (QED) is 0.425. The number of benzene rings is 3. The van der Waals surface area contributed by atoms with Gasteiger partial charge in [-0.05, 0) is 29.3 Å². The highest BCUT2D eigenvalue weighted by Crippen LogP contribution is 2.21. The standard InChI is InChI=1S/C24H18ClNO3/c25-21-12-6-4-11-19(21)16-26(15-17-8-2-1-3-9-17)23(27)20-14-18-10-5-7-13-22(18)29-24(20)28/h1-14H,15-16H2. The van der Waals surface area contributed by atoms with Crippen molar-refractivity contribution in [1.82, 2.24) is 4.90 Å². The first-order valence-electron chi connectivity index (χ1n) is 9.21. The number of nitrogens with zero attached hydrogens (tertiary/aromatic N) is 1. The summed E-state index contributed by atoms with van der Waals surface area (Å²) in [7, 11) is 0. The number of para-hydroxylation sites is 1. The molecule has 0 bridgehead atoms. The van der Waals surface area contributed by atoms with Crippen LogP contribution in [0.4, 0.5) is 0 Å². The Kier molecular flexibility index (Phi) is 5.45. The lowest BCUT2D eigenvalue weighted by Gasteiger charge is -2.23. The van der Waals surface area contributed by atoms with Crippen LogP contribution in [-0.2, 0) is 13.1 Å². The van der Waals surface area contributed by atoms with E-state index in [2.05, 4.69) is 0 Å². The predicted octanol–water partition coefficient (Wildman–Crippen LogP) is 5.29. The van der Waals surface area contributed by atoms with E-state index in [0.717, 1.165) is 11.1 Å². The molecule has 4 aromatic rings. The van der Waals surface area contributed by atoms with Gasteiger partial charge < -0.3 is 9.32 Å². The Bertz CT molecular complexity index is 1220. The number of carbonyl (C=O) groups is 1. The van der Waals surface area contributed by atoms with Crippen LogP contribution in [-0.4, -0.2) is 10.8 Å². The maximum atomic E-state index is 13.4. The van der Waals surface area contributed by atoms with Crippen molar-refractivity contribution in [2.24, 2.45) is 0 Å². The van der Waals surface area contributed by atoms with Gasteiger partial charge in [-0.1, -0.05) is 78.3 Å². The van der Waals surface area contributed by atoms with Gasteiger partial charge in [0.15, 0.2) is 0 Å². The summed E-state index contributed by atoms with van der Waals surface area (Å²) in [6.07, 6.45) is 0. The first-order chi connectivity index (χ1) is 14.1. The maximum absolute atomic E-state index is 13.4. The van der Waals surface area contributed by atoms with Crippen LogP contribution in [0.5, 0.6) is 0 Å². The second kappa shape index (κ2) is 8.33. The van der Waals surface area contributed by atoms with E-state index in [1.807, 2.05) is 60.7 Å². The van der Waals surface area contributed by atoms with E-state index in [0.29, 0.717) is 22.5 Å². The van der Waals surface area contributed by atoms with Crippen LogP contribution in [0.25, 0.3) is 11.0 Å². The number of hydrogen-bond donors (Lipinski definition) is 0. The molecule has 4 nitrogen and oxygen atoms in total. The third-order valence-electron chi connectivity index (χ3n) is 4.69. The summed E-state index contributed by atoms with van der Waals surface area (Å²) in [4.78, 5) is 27.5. The van der Waals surface area contributed by atoms with Gasteiger partial charge in [-0.25, -0.2) is 4.79 Å². The minimum atomic E-state index is -0.647. The Morgan fingerprint density at radius 3 is 2.34 bits per heavy atom. The van der Waals surface area contributed by atoms with E-state index in [4.69, 9.17) is 16.0 Å². The molecule has 0 saturated heterocycles. The van der Waals surface area contributed by atoms with Crippen molar-refractivity contribution >= 4 is 28.5 Å².